The Morgan fingerprint density at radius 3 is 2.80 bits per heavy atom. The molecular formula is C8H12O2. The molecule has 1 atom stereocenters. The van der Waals surface area contributed by atoms with Crippen LogP contribution in [-0.4, -0.2) is 19.0 Å². The van der Waals surface area contributed by atoms with Crippen LogP contribution in [0.4, 0.5) is 0 Å². The minimum absolute atomic E-state index is 0.272. The molecule has 10 heavy (non-hydrogen) atoms. The Bertz CT molecular complexity index is 149. The van der Waals surface area contributed by atoms with Gasteiger partial charge in [0, 0.05) is 12.3 Å². The fourth-order valence-electron chi connectivity index (χ4n) is 1.56. The average molecular weight is 140 g/mol. The van der Waals surface area contributed by atoms with E-state index in [2.05, 4.69) is 0 Å². The van der Waals surface area contributed by atoms with Gasteiger partial charge in [-0.15, -0.1) is 0 Å². The largest absolute Gasteiger partial charge is 0.380 e. The lowest BCUT2D eigenvalue weighted by atomic mass is 9.96. The van der Waals surface area contributed by atoms with Crippen molar-refractivity contribution in [2.75, 3.05) is 13.2 Å². The standard InChI is InChI=1S/C8H12O2/c9-8-3-4-10-5-7(8)6-1-2-6/h6-7H,1-5H2. The van der Waals surface area contributed by atoms with Crippen LogP contribution in [0.5, 0.6) is 0 Å². The van der Waals surface area contributed by atoms with E-state index >= 15 is 0 Å². The van der Waals surface area contributed by atoms with Crippen molar-refractivity contribution >= 4 is 5.78 Å². The highest BCUT2D eigenvalue weighted by atomic mass is 16.5. The van der Waals surface area contributed by atoms with Crippen LogP contribution < -0.4 is 0 Å². The van der Waals surface area contributed by atoms with Crippen molar-refractivity contribution in [1.29, 1.82) is 0 Å². The number of rotatable bonds is 1. The predicted octanol–water partition coefficient (Wildman–Crippen LogP) is 1.00. The summed E-state index contributed by atoms with van der Waals surface area (Å²) in [7, 11) is 0. The fourth-order valence-corrected chi connectivity index (χ4v) is 1.56. The number of Topliss-reactive ketones (excluding diaryl/α,β-unsaturated/α-hetero) is 1. The lowest BCUT2D eigenvalue weighted by Crippen LogP contribution is -2.28. The minimum atomic E-state index is 0.272. The Balaban J connectivity index is 1.96. The van der Waals surface area contributed by atoms with Gasteiger partial charge in [0.25, 0.3) is 0 Å². The van der Waals surface area contributed by atoms with Gasteiger partial charge in [-0.3, -0.25) is 4.79 Å². The molecule has 0 amide bonds. The summed E-state index contributed by atoms with van der Waals surface area (Å²) in [5.41, 5.74) is 0. The van der Waals surface area contributed by atoms with E-state index in [-0.39, 0.29) is 5.92 Å². The number of ether oxygens (including phenoxy) is 1. The monoisotopic (exact) mass is 140 g/mol. The molecule has 0 radical (unpaired) electrons. The van der Waals surface area contributed by atoms with Crippen molar-refractivity contribution < 1.29 is 9.53 Å². The molecule has 1 saturated heterocycles. The average Bonchev–Trinajstić information content (AvgIpc) is 2.71. The van der Waals surface area contributed by atoms with Crippen LogP contribution >= 0.6 is 0 Å². The van der Waals surface area contributed by atoms with E-state index in [1.807, 2.05) is 0 Å². The summed E-state index contributed by atoms with van der Waals surface area (Å²) < 4.78 is 5.23. The van der Waals surface area contributed by atoms with Gasteiger partial charge in [-0.05, 0) is 18.8 Å². The molecule has 0 aromatic heterocycles. The van der Waals surface area contributed by atoms with E-state index in [0.29, 0.717) is 31.3 Å². The van der Waals surface area contributed by atoms with E-state index in [4.69, 9.17) is 4.74 Å². The van der Waals surface area contributed by atoms with Crippen LogP contribution in [0.3, 0.4) is 0 Å². The molecule has 2 nitrogen and oxygen atoms in total. The molecule has 2 fully saturated rings. The highest BCUT2D eigenvalue weighted by Crippen LogP contribution is 2.38. The van der Waals surface area contributed by atoms with Crippen molar-refractivity contribution in [3.8, 4) is 0 Å². The molecule has 56 valence electrons. The van der Waals surface area contributed by atoms with Crippen LogP contribution in [0.2, 0.25) is 0 Å². The quantitative estimate of drug-likeness (QED) is 0.543. The van der Waals surface area contributed by atoms with Gasteiger partial charge in [0.2, 0.25) is 0 Å². The summed E-state index contributed by atoms with van der Waals surface area (Å²) in [5, 5.41) is 0. The second-order valence-electron chi connectivity index (χ2n) is 3.24. The van der Waals surface area contributed by atoms with Gasteiger partial charge in [0.15, 0.2) is 0 Å². The maximum Gasteiger partial charge on any atom is 0.140 e. The van der Waals surface area contributed by atoms with Crippen molar-refractivity contribution in [3.05, 3.63) is 0 Å². The predicted molar refractivity (Wildman–Crippen MR) is 36.7 cm³/mol. The maximum absolute atomic E-state index is 11.2. The smallest absolute Gasteiger partial charge is 0.140 e. The van der Waals surface area contributed by atoms with E-state index in [9.17, 15) is 4.79 Å². The summed E-state index contributed by atoms with van der Waals surface area (Å²) in [6, 6.07) is 0. The van der Waals surface area contributed by atoms with E-state index < -0.39 is 0 Å². The molecule has 0 N–H and O–H groups in total. The Hall–Kier alpha value is -0.370. The second-order valence-corrected chi connectivity index (χ2v) is 3.24. The topological polar surface area (TPSA) is 26.3 Å². The zero-order valence-electron chi connectivity index (χ0n) is 6.01. The van der Waals surface area contributed by atoms with Crippen molar-refractivity contribution in [1.82, 2.24) is 0 Å². The van der Waals surface area contributed by atoms with Gasteiger partial charge >= 0.3 is 0 Å². The highest BCUT2D eigenvalue weighted by Gasteiger charge is 2.37. The van der Waals surface area contributed by atoms with E-state index in [1.165, 1.54) is 12.8 Å². The third-order valence-electron chi connectivity index (χ3n) is 2.39. The second kappa shape index (κ2) is 2.35. The van der Waals surface area contributed by atoms with Gasteiger partial charge < -0.3 is 4.74 Å². The molecule has 1 aliphatic carbocycles. The summed E-state index contributed by atoms with van der Waals surface area (Å²) in [4.78, 5) is 11.2. The van der Waals surface area contributed by atoms with E-state index in [1.54, 1.807) is 0 Å². The Morgan fingerprint density at radius 2 is 2.20 bits per heavy atom. The summed E-state index contributed by atoms with van der Waals surface area (Å²) in [5.74, 6) is 1.40. The normalized spacial score (nSPS) is 34.4. The zero-order valence-corrected chi connectivity index (χ0v) is 6.01. The molecule has 1 aliphatic heterocycles. The van der Waals surface area contributed by atoms with Crippen molar-refractivity contribution in [3.63, 3.8) is 0 Å². The minimum Gasteiger partial charge on any atom is -0.380 e. The molecular weight excluding hydrogens is 128 g/mol. The van der Waals surface area contributed by atoms with E-state index in [0.717, 1.165) is 0 Å². The Kier molecular flexibility index (Phi) is 1.49. The first-order chi connectivity index (χ1) is 4.88. The molecule has 1 unspecified atom stereocenters. The lowest BCUT2D eigenvalue weighted by molar-refractivity contribution is -0.131. The first-order valence-corrected chi connectivity index (χ1v) is 3.98. The summed E-state index contributed by atoms with van der Waals surface area (Å²) >= 11 is 0. The molecule has 0 spiro atoms. The van der Waals surface area contributed by atoms with Gasteiger partial charge in [-0.25, -0.2) is 0 Å². The molecule has 2 aliphatic rings. The van der Waals surface area contributed by atoms with Crippen molar-refractivity contribution in [2.24, 2.45) is 11.8 Å². The Labute approximate surface area is 60.6 Å². The van der Waals surface area contributed by atoms with Crippen LogP contribution in [0, 0.1) is 11.8 Å². The summed E-state index contributed by atoms with van der Waals surface area (Å²) in [6.45, 7) is 1.35. The van der Waals surface area contributed by atoms with Crippen molar-refractivity contribution in [2.45, 2.75) is 19.3 Å². The molecule has 1 saturated carbocycles. The fraction of sp³-hybridized carbons (Fsp3) is 0.875. The van der Waals surface area contributed by atoms with Gasteiger partial charge in [-0.2, -0.15) is 0 Å². The molecule has 2 rings (SSSR count). The number of carbonyl (C=O) groups is 1. The number of hydrogen-bond acceptors (Lipinski definition) is 2. The molecule has 0 aromatic carbocycles. The SMILES string of the molecule is O=C1CCOCC1C1CC1. The molecule has 2 heteroatoms. The lowest BCUT2D eigenvalue weighted by Gasteiger charge is -2.19. The number of ketones is 1. The number of carbonyl (C=O) groups excluding carboxylic acids is 1. The Morgan fingerprint density at radius 1 is 1.40 bits per heavy atom. The summed E-state index contributed by atoms with van der Waals surface area (Å²) in [6.07, 6.45) is 3.15. The zero-order chi connectivity index (χ0) is 6.97. The molecule has 0 aromatic rings. The van der Waals surface area contributed by atoms with Crippen LogP contribution in [0.15, 0.2) is 0 Å². The van der Waals surface area contributed by atoms with Crippen LogP contribution in [0.1, 0.15) is 19.3 Å². The van der Waals surface area contributed by atoms with Gasteiger partial charge in [0.05, 0.1) is 13.2 Å². The number of hydrogen-bond donors (Lipinski definition) is 0. The molecule has 1 heterocycles. The first kappa shape index (κ1) is 6.35. The molecule has 0 bridgehead atoms. The third kappa shape index (κ3) is 1.08. The maximum atomic E-state index is 11.2. The van der Waals surface area contributed by atoms with Crippen LogP contribution in [-0.2, 0) is 9.53 Å². The van der Waals surface area contributed by atoms with Gasteiger partial charge in [-0.1, -0.05) is 0 Å². The first-order valence-electron chi connectivity index (χ1n) is 3.98. The highest BCUT2D eigenvalue weighted by molar-refractivity contribution is 5.82. The van der Waals surface area contributed by atoms with Crippen LogP contribution in [0.25, 0.3) is 0 Å². The third-order valence-corrected chi connectivity index (χ3v) is 2.39. The van der Waals surface area contributed by atoms with Gasteiger partial charge in [0.1, 0.15) is 5.78 Å².